The van der Waals surface area contributed by atoms with E-state index in [2.05, 4.69) is 10.5 Å². The lowest BCUT2D eigenvalue weighted by atomic mass is 10.0. The fraction of sp³-hybridized carbons (Fsp3) is 0.200. The molecule has 8 heteroatoms. The van der Waals surface area contributed by atoms with Gasteiger partial charge in [-0.25, -0.2) is 13.6 Å². The molecule has 4 rings (SSSR count). The van der Waals surface area contributed by atoms with Crippen LogP contribution in [0.5, 0.6) is 0 Å². The maximum Gasteiger partial charge on any atom is 0.310 e. The number of primary sulfonamides is 1. The number of ether oxygens (including phenoxy) is 1. The van der Waals surface area contributed by atoms with Gasteiger partial charge >= 0.3 is 5.97 Å². The van der Waals surface area contributed by atoms with Gasteiger partial charge in [-0.05, 0) is 42.3 Å². The Morgan fingerprint density at radius 1 is 0.939 bits per heavy atom. The highest BCUT2D eigenvalue weighted by molar-refractivity contribution is 7.89. The number of hydrogen-bond acceptors (Lipinski definition) is 6. The summed E-state index contributed by atoms with van der Waals surface area (Å²) in [6.45, 7) is 2.11. The van der Waals surface area contributed by atoms with Crippen molar-refractivity contribution in [3.63, 3.8) is 0 Å². The number of benzene rings is 3. The van der Waals surface area contributed by atoms with Gasteiger partial charge < -0.3 is 4.74 Å². The van der Waals surface area contributed by atoms with Crippen molar-refractivity contribution in [2.45, 2.75) is 17.7 Å². The van der Waals surface area contributed by atoms with E-state index in [-0.39, 0.29) is 28.6 Å². The fourth-order valence-corrected chi connectivity index (χ4v) is 4.57. The van der Waals surface area contributed by atoms with E-state index in [0.717, 1.165) is 16.8 Å². The van der Waals surface area contributed by atoms with Crippen LogP contribution in [-0.2, 0) is 19.6 Å². The van der Waals surface area contributed by atoms with Gasteiger partial charge in [0.15, 0.2) is 0 Å². The van der Waals surface area contributed by atoms with Crippen molar-refractivity contribution in [2.75, 3.05) is 12.0 Å². The summed E-state index contributed by atoms with van der Waals surface area (Å²) in [5.41, 5.74) is 6.29. The normalized spacial score (nSPS) is 20.2. The molecule has 7 nitrogen and oxygen atoms in total. The molecule has 0 spiro atoms. The van der Waals surface area contributed by atoms with Crippen LogP contribution in [0.15, 0.2) is 94.9 Å². The SMILES string of the molecule is CCOC(=O)C1C(/C(=N\Nc2ccc(S(N)(=O)=O)cc2)c2ccccc2)C1c1ccccc1. The average Bonchev–Trinajstić information content (AvgIpc) is 3.56. The van der Waals surface area contributed by atoms with Crippen LogP contribution < -0.4 is 10.6 Å². The molecule has 3 atom stereocenters. The zero-order valence-electron chi connectivity index (χ0n) is 18.1. The second-order valence-electron chi connectivity index (χ2n) is 7.78. The Labute approximate surface area is 193 Å². The number of nitrogens with one attached hydrogen (secondary N) is 1. The van der Waals surface area contributed by atoms with Gasteiger partial charge in [0.25, 0.3) is 0 Å². The summed E-state index contributed by atoms with van der Waals surface area (Å²) in [5, 5.41) is 9.84. The van der Waals surface area contributed by atoms with E-state index < -0.39 is 10.0 Å². The zero-order valence-corrected chi connectivity index (χ0v) is 18.9. The smallest absolute Gasteiger partial charge is 0.310 e. The Morgan fingerprint density at radius 2 is 1.55 bits per heavy atom. The monoisotopic (exact) mass is 463 g/mol. The first-order valence-corrected chi connectivity index (χ1v) is 12.2. The molecule has 1 aliphatic carbocycles. The second kappa shape index (κ2) is 9.56. The molecule has 3 aromatic rings. The van der Waals surface area contributed by atoms with Crippen LogP contribution >= 0.6 is 0 Å². The molecular weight excluding hydrogens is 438 g/mol. The molecule has 0 aliphatic heterocycles. The molecule has 170 valence electrons. The quantitative estimate of drug-likeness (QED) is 0.300. The van der Waals surface area contributed by atoms with Gasteiger partial charge in [-0.3, -0.25) is 10.2 Å². The molecule has 1 saturated carbocycles. The van der Waals surface area contributed by atoms with Gasteiger partial charge in [-0.15, -0.1) is 0 Å². The maximum atomic E-state index is 12.8. The van der Waals surface area contributed by atoms with Crippen molar-refractivity contribution in [1.82, 2.24) is 0 Å². The Morgan fingerprint density at radius 3 is 2.12 bits per heavy atom. The highest BCUT2D eigenvalue weighted by Gasteiger charge is 2.59. The number of rotatable bonds is 8. The predicted molar refractivity (Wildman–Crippen MR) is 127 cm³/mol. The third kappa shape index (κ3) is 5.13. The lowest BCUT2D eigenvalue weighted by molar-refractivity contribution is -0.144. The molecule has 3 aromatic carbocycles. The van der Waals surface area contributed by atoms with Crippen LogP contribution in [0.1, 0.15) is 24.0 Å². The molecule has 0 saturated heterocycles. The summed E-state index contributed by atoms with van der Waals surface area (Å²) in [7, 11) is -3.77. The van der Waals surface area contributed by atoms with Crippen LogP contribution in [0.4, 0.5) is 5.69 Å². The van der Waals surface area contributed by atoms with Crippen LogP contribution in [0.3, 0.4) is 0 Å². The molecule has 1 fully saturated rings. The predicted octanol–water partition coefficient (Wildman–Crippen LogP) is 3.74. The van der Waals surface area contributed by atoms with Crippen LogP contribution in [0, 0.1) is 11.8 Å². The molecule has 0 aromatic heterocycles. The number of carbonyl (C=O) groups is 1. The van der Waals surface area contributed by atoms with E-state index >= 15 is 0 Å². The van der Waals surface area contributed by atoms with E-state index in [0.29, 0.717) is 12.3 Å². The van der Waals surface area contributed by atoms with E-state index in [4.69, 9.17) is 9.88 Å². The van der Waals surface area contributed by atoms with Crippen molar-refractivity contribution in [2.24, 2.45) is 22.1 Å². The van der Waals surface area contributed by atoms with Crippen molar-refractivity contribution in [3.05, 3.63) is 96.1 Å². The number of sulfonamides is 1. The first-order valence-electron chi connectivity index (χ1n) is 10.6. The summed E-state index contributed by atoms with van der Waals surface area (Å²) in [6, 6.07) is 25.6. The standard InChI is InChI=1S/C25H25N3O4S/c1-2-32-25(29)23-21(17-9-5-3-6-10-17)22(23)24(18-11-7-4-8-12-18)28-27-19-13-15-20(16-14-19)33(26,30)31/h3-16,21-23,27H,2H2,1H3,(H2,26,30,31)/b28-24-. The van der Waals surface area contributed by atoms with Crippen molar-refractivity contribution in [3.8, 4) is 0 Å². The number of nitrogens with two attached hydrogens (primary N) is 1. The number of esters is 1. The zero-order chi connectivity index (χ0) is 23.4. The first kappa shape index (κ1) is 22.7. The molecule has 0 bridgehead atoms. The topological polar surface area (TPSA) is 111 Å². The number of nitrogens with zero attached hydrogens (tertiary/aromatic N) is 1. The Hall–Kier alpha value is -3.49. The summed E-state index contributed by atoms with van der Waals surface area (Å²) in [5.74, 6) is -0.781. The van der Waals surface area contributed by atoms with Gasteiger partial charge in [0.05, 0.1) is 28.8 Å². The van der Waals surface area contributed by atoms with E-state index in [1.807, 2.05) is 60.7 Å². The minimum Gasteiger partial charge on any atom is -0.466 e. The van der Waals surface area contributed by atoms with Crippen molar-refractivity contribution >= 4 is 27.4 Å². The highest BCUT2D eigenvalue weighted by atomic mass is 32.2. The van der Waals surface area contributed by atoms with Crippen LogP contribution in [0.2, 0.25) is 0 Å². The number of hydrogen-bond donors (Lipinski definition) is 2. The lowest BCUT2D eigenvalue weighted by Gasteiger charge is -2.09. The first-order chi connectivity index (χ1) is 15.9. The van der Waals surface area contributed by atoms with Crippen LogP contribution in [-0.4, -0.2) is 26.7 Å². The fourth-order valence-electron chi connectivity index (χ4n) is 4.06. The Balaban J connectivity index is 1.68. The minimum absolute atomic E-state index is 0.0222. The van der Waals surface area contributed by atoms with E-state index in [1.54, 1.807) is 19.1 Å². The molecule has 0 radical (unpaired) electrons. The number of anilines is 1. The Kier molecular flexibility index (Phi) is 6.57. The molecule has 0 heterocycles. The number of carbonyl (C=O) groups excluding carboxylic acids is 1. The summed E-state index contributed by atoms with van der Waals surface area (Å²) in [4.78, 5) is 12.8. The van der Waals surface area contributed by atoms with Crippen molar-refractivity contribution in [1.29, 1.82) is 0 Å². The lowest BCUT2D eigenvalue weighted by Crippen LogP contribution is -2.14. The van der Waals surface area contributed by atoms with E-state index in [1.165, 1.54) is 12.1 Å². The van der Waals surface area contributed by atoms with Crippen molar-refractivity contribution < 1.29 is 17.9 Å². The second-order valence-corrected chi connectivity index (χ2v) is 9.35. The minimum atomic E-state index is -3.77. The molecule has 1 aliphatic rings. The average molecular weight is 464 g/mol. The van der Waals surface area contributed by atoms with Gasteiger partial charge in [-0.1, -0.05) is 60.7 Å². The number of hydrazone groups is 1. The molecule has 3 unspecified atom stereocenters. The summed E-state index contributed by atoms with van der Waals surface area (Å²) >= 11 is 0. The molecule has 3 N–H and O–H groups in total. The Bertz CT molecular complexity index is 1240. The highest BCUT2D eigenvalue weighted by Crippen LogP contribution is 2.56. The van der Waals surface area contributed by atoms with E-state index in [9.17, 15) is 13.2 Å². The molecular formula is C25H25N3O4S. The third-order valence-corrected chi connectivity index (χ3v) is 6.57. The van der Waals surface area contributed by atoms with Gasteiger partial charge in [0.2, 0.25) is 10.0 Å². The molecule has 0 amide bonds. The largest absolute Gasteiger partial charge is 0.466 e. The van der Waals surface area contributed by atoms with Crippen LogP contribution in [0.25, 0.3) is 0 Å². The van der Waals surface area contributed by atoms with Gasteiger partial charge in [0.1, 0.15) is 0 Å². The maximum absolute atomic E-state index is 12.8. The van der Waals surface area contributed by atoms with Gasteiger partial charge in [0, 0.05) is 11.8 Å². The summed E-state index contributed by atoms with van der Waals surface area (Å²) in [6.07, 6.45) is 0. The van der Waals surface area contributed by atoms with Gasteiger partial charge in [-0.2, -0.15) is 5.10 Å². The third-order valence-electron chi connectivity index (χ3n) is 5.64. The summed E-state index contributed by atoms with van der Waals surface area (Å²) < 4.78 is 28.4. The molecule has 33 heavy (non-hydrogen) atoms.